The number of aryl methyl sites for hydroxylation is 1. The van der Waals surface area contributed by atoms with Gasteiger partial charge in [-0.25, -0.2) is 9.98 Å². The van der Waals surface area contributed by atoms with Crippen molar-refractivity contribution >= 4 is 29.9 Å². The van der Waals surface area contributed by atoms with Crippen LogP contribution in [-0.2, 0) is 6.54 Å². The van der Waals surface area contributed by atoms with E-state index in [9.17, 15) is 13.2 Å². The molecule has 0 unspecified atom stereocenters. The topological polar surface area (TPSA) is 65.7 Å². The van der Waals surface area contributed by atoms with Gasteiger partial charge in [0, 0.05) is 18.7 Å². The van der Waals surface area contributed by atoms with E-state index in [-0.39, 0.29) is 24.0 Å². The van der Waals surface area contributed by atoms with Crippen LogP contribution in [0.4, 0.5) is 13.2 Å². The molecule has 2 aromatic rings. The zero-order chi connectivity index (χ0) is 21.3. The van der Waals surface area contributed by atoms with E-state index in [0.29, 0.717) is 50.1 Å². The minimum Gasteiger partial charge on any atom is -0.444 e. The van der Waals surface area contributed by atoms with Gasteiger partial charge in [-0.05, 0) is 46.0 Å². The van der Waals surface area contributed by atoms with E-state index < -0.39 is 12.7 Å². The van der Waals surface area contributed by atoms with E-state index >= 15 is 0 Å². The first-order valence-corrected chi connectivity index (χ1v) is 9.55. The second kappa shape index (κ2) is 12.8. The van der Waals surface area contributed by atoms with Crippen LogP contribution < -0.4 is 10.6 Å². The van der Waals surface area contributed by atoms with Crippen molar-refractivity contribution in [3.63, 3.8) is 0 Å². The number of hydrogen-bond donors (Lipinski definition) is 2. The number of rotatable bonds is 9. The maximum atomic E-state index is 12.3. The number of hydrogen-bond acceptors (Lipinski definition) is 4. The zero-order valence-corrected chi connectivity index (χ0v) is 19.8. The lowest BCUT2D eigenvalue weighted by Crippen LogP contribution is -2.39. The van der Waals surface area contributed by atoms with Gasteiger partial charge in [-0.1, -0.05) is 17.7 Å². The van der Waals surface area contributed by atoms with Crippen molar-refractivity contribution in [2.75, 3.05) is 33.2 Å². The minimum absolute atomic E-state index is 0. The van der Waals surface area contributed by atoms with Crippen LogP contribution in [0.5, 0.6) is 0 Å². The quantitative estimate of drug-likeness (QED) is 0.217. The lowest BCUT2D eigenvalue weighted by atomic mass is 10.1. The first kappa shape index (κ1) is 26.2. The summed E-state index contributed by atoms with van der Waals surface area (Å²) in [5, 5.41) is 6.24. The molecule has 0 bridgehead atoms. The average molecular weight is 539 g/mol. The lowest BCUT2D eigenvalue weighted by Gasteiger charge is -2.18. The van der Waals surface area contributed by atoms with Crippen LogP contribution in [0.1, 0.15) is 24.6 Å². The van der Waals surface area contributed by atoms with E-state index in [4.69, 9.17) is 4.42 Å². The fourth-order valence-electron chi connectivity index (χ4n) is 2.65. The molecule has 2 N–H and O–H groups in total. The molecule has 0 spiro atoms. The number of aliphatic imine (C=N–C) groups is 1. The van der Waals surface area contributed by atoms with Gasteiger partial charge in [-0.15, -0.1) is 24.0 Å². The van der Waals surface area contributed by atoms with Gasteiger partial charge >= 0.3 is 6.18 Å². The molecule has 6 nitrogen and oxygen atoms in total. The normalized spacial score (nSPS) is 12.0. The Hall–Kier alpha value is -1.82. The summed E-state index contributed by atoms with van der Waals surface area (Å²) >= 11 is 0. The third-order valence-electron chi connectivity index (χ3n) is 4.05. The lowest BCUT2D eigenvalue weighted by molar-refractivity contribution is -0.143. The van der Waals surface area contributed by atoms with Crippen molar-refractivity contribution in [2.24, 2.45) is 4.99 Å². The Labute approximate surface area is 192 Å². The largest absolute Gasteiger partial charge is 0.444 e. The van der Waals surface area contributed by atoms with E-state index in [1.54, 1.807) is 6.26 Å². The van der Waals surface area contributed by atoms with E-state index in [0.717, 1.165) is 11.1 Å². The Morgan fingerprint density at radius 2 is 1.90 bits per heavy atom. The summed E-state index contributed by atoms with van der Waals surface area (Å²) in [5.74, 6) is 1.13. The predicted octanol–water partition coefficient (Wildman–Crippen LogP) is 4.21. The number of oxazole rings is 1. The summed E-state index contributed by atoms with van der Waals surface area (Å²) in [5.41, 5.74) is 2.76. The molecule has 30 heavy (non-hydrogen) atoms. The average Bonchev–Trinajstić information content (AvgIpc) is 3.11. The number of halogens is 4. The fraction of sp³-hybridized carbons (Fsp3) is 0.500. The van der Waals surface area contributed by atoms with Gasteiger partial charge in [0.2, 0.25) is 5.89 Å². The van der Waals surface area contributed by atoms with Crippen molar-refractivity contribution in [2.45, 2.75) is 33.0 Å². The van der Waals surface area contributed by atoms with Gasteiger partial charge in [-0.3, -0.25) is 4.90 Å². The predicted molar refractivity (Wildman–Crippen MR) is 123 cm³/mol. The molecule has 0 aliphatic heterocycles. The summed E-state index contributed by atoms with van der Waals surface area (Å²) in [6, 6.07) is 7.90. The molecule has 2 rings (SSSR count). The summed E-state index contributed by atoms with van der Waals surface area (Å²) in [4.78, 5) is 10.2. The molecule has 0 atom stereocenters. The highest BCUT2D eigenvalue weighted by Gasteiger charge is 2.28. The smallest absolute Gasteiger partial charge is 0.401 e. The van der Waals surface area contributed by atoms with Gasteiger partial charge in [0.1, 0.15) is 12.0 Å². The van der Waals surface area contributed by atoms with Crippen LogP contribution >= 0.6 is 24.0 Å². The highest BCUT2D eigenvalue weighted by molar-refractivity contribution is 14.0. The first-order valence-electron chi connectivity index (χ1n) is 9.55. The third kappa shape index (κ3) is 9.79. The molecule has 0 amide bonds. The molecule has 0 radical (unpaired) electrons. The van der Waals surface area contributed by atoms with E-state index in [2.05, 4.69) is 20.6 Å². The minimum atomic E-state index is -4.17. The molecular formula is C20H29F3IN5O. The van der Waals surface area contributed by atoms with Crippen LogP contribution in [0, 0.1) is 6.92 Å². The standard InChI is InChI=1S/C20H28F3N5O.HI/c1-4-24-19(25-10-5-11-28(3)14-20(21,22)23)26-12-17-13-29-18(27-17)16-8-6-15(2)7-9-16;/h6-9,13H,4-5,10-12,14H2,1-3H3,(H2,24,25,26);1H. The zero-order valence-electron chi connectivity index (χ0n) is 17.4. The molecule has 0 aliphatic carbocycles. The van der Waals surface area contributed by atoms with Crippen LogP contribution in [-0.4, -0.2) is 55.2 Å². The number of nitrogens with zero attached hydrogens (tertiary/aromatic N) is 3. The molecule has 0 saturated heterocycles. The Morgan fingerprint density at radius 1 is 1.20 bits per heavy atom. The SMILES string of the molecule is CCNC(=NCc1coc(-c2ccc(C)cc2)n1)NCCCN(C)CC(F)(F)F.I. The van der Waals surface area contributed by atoms with Crippen LogP contribution in [0.2, 0.25) is 0 Å². The van der Waals surface area contributed by atoms with Crippen LogP contribution in [0.15, 0.2) is 39.9 Å². The monoisotopic (exact) mass is 539 g/mol. The number of alkyl halides is 3. The van der Waals surface area contributed by atoms with Gasteiger partial charge in [0.15, 0.2) is 5.96 Å². The molecule has 0 aliphatic rings. The fourth-order valence-corrected chi connectivity index (χ4v) is 2.65. The Morgan fingerprint density at radius 3 is 2.53 bits per heavy atom. The summed E-state index contributed by atoms with van der Waals surface area (Å²) in [6.07, 6.45) is -2.03. The Bertz CT molecular complexity index is 777. The van der Waals surface area contributed by atoms with Gasteiger partial charge in [0.25, 0.3) is 0 Å². The number of guanidine groups is 1. The summed E-state index contributed by atoms with van der Waals surface area (Å²) in [7, 11) is 1.46. The van der Waals surface area contributed by atoms with Crippen LogP contribution in [0.3, 0.4) is 0 Å². The van der Waals surface area contributed by atoms with Gasteiger partial charge < -0.3 is 15.1 Å². The van der Waals surface area contributed by atoms with Crippen molar-refractivity contribution in [1.82, 2.24) is 20.5 Å². The first-order chi connectivity index (χ1) is 13.8. The molecule has 1 heterocycles. The van der Waals surface area contributed by atoms with E-state index in [1.807, 2.05) is 38.1 Å². The van der Waals surface area contributed by atoms with Crippen molar-refractivity contribution in [1.29, 1.82) is 0 Å². The Balaban J connectivity index is 0.00000450. The number of benzene rings is 1. The molecule has 10 heteroatoms. The molecular weight excluding hydrogens is 510 g/mol. The second-order valence-electron chi connectivity index (χ2n) is 6.84. The molecule has 1 aromatic carbocycles. The maximum Gasteiger partial charge on any atom is 0.401 e. The Kier molecular flexibility index (Phi) is 11.2. The van der Waals surface area contributed by atoms with Gasteiger partial charge in [0.05, 0.1) is 13.1 Å². The summed E-state index contributed by atoms with van der Waals surface area (Å²) < 4.78 is 42.5. The maximum absolute atomic E-state index is 12.3. The third-order valence-corrected chi connectivity index (χ3v) is 4.05. The number of aromatic nitrogens is 1. The van der Waals surface area contributed by atoms with E-state index in [1.165, 1.54) is 11.9 Å². The number of nitrogens with one attached hydrogen (secondary N) is 2. The van der Waals surface area contributed by atoms with Crippen molar-refractivity contribution in [3.05, 3.63) is 41.8 Å². The molecule has 0 fully saturated rings. The van der Waals surface area contributed by atoms with Crippen molar-refractivity contribution in [3.8, 4) is 11.5 Å². The highest BCUT2D eigenvalue weighted by atomic mass is 127. The molecule has 0 saturated carbocycles. The second-order valence-corrected chi connectivity index (χ2v) is 6.84. The van der Waals surface area contributed by atoms with Crippen molar-refractivity contribution < 1.29 is 17.6 Å². The molecule has 168 valence electrons. The molecule has 1 aromatic heterocycles. The summed E-state index contributed by atoms with van der Waals surface area (Å²) in [6.45, 7) is 4.92. The van der Waals surface area contributed by atoms with Crippen LogP contribution in [0.25, 0.3) is 11.5 Å². The van der Waals surface area contributed by atoms with Gasteiger partial charge in [-0.2, -0.15) is 13.2 Å². The highest BCUT2D eigenvalue weighted by Crippen LogP contribution is 2.19.